The zero-order valence-electron chi connectivity index (χ0n) is 4.67. The summed E-state index contributed by atoms with van der Waals surface area (Å²) in [6.45, 7) is 0.598. The van der Waals surface area contributed by atoms with Crippen molar-refractivity contribution in [1.29, 1.82) is 0 Å². The van der Waals surface area contributed by atoms with Crippen LogP contribution in [0.25, 0.3) is 0 Å². The number of rotatable bonds is 4. The minimum Gasteiger partial charge on any atom is -0.286 e. The fraction of sp³-hybridized carbons (Fsp3) is 1.00. The normalized spacial score (nSPS) is 11.8. The Balaban J connectivity index is 3.30. The van der Waals surface area contributed by atoms with Crippen molar-refractivity contribution in [3.05, 3.63) is 0 Å². The molecule has 0 aliphatic carbocycles. The first-order valence-electron chi connectivity index (χ1n) is 2.35. The molecule has 0 fully saturated rings. The predicted molar refractivity (Wildman–Crippen MR) is 43.1 cm³/mol. The average Bonchev–Trinajstić information content (AvgIpc) is 1.63. The van der Waals surface area contributed by atoms with E-state index in [4.69, 9.17) is 4.55 Å². The summed E-state index contributed by atoms with van der Waals surface area (Å²) in [6.07, 6.45) is 0.446. The van der Waals surface area contributed by atoms with E-state index in [0.29, 0.717) is 13.0 Å². The Kier molecular flexibility index (Phi) is 4.72. The Morgan fingerprint density at radius 1 is 1.56 bits per heavy atom. The summed E-state index contributed by atoms with van der Waals surface area (Å²) in [5.74, 6) is -0.164. The van der Waals surface area contributed by atoms with Gasteiger partial charge in [0.25, 0.3) is 10.1 Å². The Hall–Kier alpha value is 0.600. The van der Waals surface area contributed by atoms with Crippen LogP contribution in [0.1, 0.15) is 6.42 Å². The van der Waals surface area contributed by atoms with Gasteiger partial charge in [0, 0.05) is 29.4 Å². The zero-order valence-corrected chi connectivity index (χ0v) is 7.65. The van der Waals surface area contributed by atoms with Crippen LogP contribution in [-0.4, -0.2) is 25.3 Å². The van der Waals surface area contributed by atoms with E-state index in [1.807, 2.05) is 22.9 Å². The van der Waals surface area contributed by atoms with E-state index in [1.54, 1.807) is 0 Å². The molecule has 0 heterocycles. The number of halogens is 1. The molecule has 9 heavy (non-hydrogen) atoms. The van der Waals surface area contributed by atoms with E-state index in [9.17, 15) is 8.42 Å². The SMILES string of the molecule is O=S(=O)(O)CCCNI. The van der Waals surface area contributed by atoms with Crippen molar-refractivity contribution in [3.63, 3.8) is 0 Å². The Labute approximate surface area is 68.3 Å². The van der Waals surface area contributed by atoms with E-state index < -0.39 is 10.1 Å². The monoisotopic (exact) mass is 265 g/mol. The van der Waals surface area contributed by atoms with Gasteiger partial charge in [0.1, 0.15) is 0 Å². The second-order valence-corrected chi connectivity index (χ2v) is 3.86. The molecule has 6 heteroatoms. The van der Waals surface area contributed by atoms with Gasteiger partial charge >= 0.3 is 0 Å². The molecule has 0 aromatic rings. The number of hydrogen-bond donors (Lipinski definition) is 2. The Bertz CT molecular complexity index is 154. The van der Waals surface area contributed by atoms with E-state index in [-0.39, 0.29) is 5.75 Å². The third-order valence-corrected chi connectivity index (χ3v) is 2.02. The molecule has 56 valence electrons. The molecular weight excluding hydrogens is 257 g/mol. The first-order valence-corrected chi connectivity index (χ1v) is 5.04. The lowest BCUT2D eigenvalue weighted by molar-refractivity contribution is 0.481. The molecule has 0 rings (SSSR count). The largest absolute Gasteiger partial charge is 0.286 e. The smallest absolute Gasteiger partial charge is 0.264 e. The molecular formula is C3H8INO3S. The van der Waals surface area contributed by atoms with Crippen molar-refractivity contribution in [2.24, 2.45) is 0 Å². The van der Waals surface area contributed by atoms with Crippen LogP contribution in [0.5, 0.6) is 0 Å². The molecule has 0 saturated carbocycles. The summed E-state index contributed by atoms with van der Waals surface area (Å²) in [4.78, 5) is 0. The van der Waals surface area contributed by atoms with Crippen LogP contribution in [0.4, 0.5) is 0 Å². The van der Waals surface area contributed by atoms with Gasteiger partial charge in [-0.2, -0.15) is 8.42 Å². The van der Waals surface area contributed by atoms with Gasteiger partial charge in [0.15, 0.2) is 0 Å². The third-order valence-electron chi connectivity index (χ3n) is 0.674. The summed E-state index contributed by atoms with van der Waals surface area (Å²) >= 11 is 1.91. The van der Waals surface area contributed by atoms with Gasteiger partial charge in [-0.3, -0.25) is 8.08 Å². The van der Waals surface area contributed by atoms with E-state index in [2.05, 4.69) is 3.53 Å². The fourth-order valence-corrected chi connectivity index (χ4v) is 1.21. The van der Waals surface area contributed by atoms with Gasteiger partial charge < -0.3 is 0 Å². The molecule has 0 radical (unpaired) electrons. The lowest BCUT2D eigenvalue weighted by atomic mass is 10.5. The molecule has 0 aliphatic heterocycles. The molecule has 0 spiro atoms. The van der Waals surface area contributed by atoms with Crippen LogP contribution < -0.4 is 3.53 Å². The second-order valence-electron chi connectivity index (χ2n) is 1.52. The molecule has 0 bridgehead atoms. The van der Waals surface area contributed by atoms with Crippen molar-refractivity contribution in [2.75, 3.05) is 12.3 Å². The van der Waals surface area contributed by atoms with Crippen molar-refractivity contribution in [1.82, 2.24) is 3.53 Å². The first kappa shape index (κ1) is 9.60. The second kappa shape index (κ2) is 4.42. The maximum Gasteiger partial charge on any atom is 0.264 e. The van der Waals surface area contributed by atoms with E-state index >= 15 is 0 Å². The van der Waals surface area contributed by atoms with Crippen LogP contribution in [0.2, 0.25) is 0 Å². The van der Waals surface area contributed by atoms with Crippen molar-refractivity contribution in [2.45, 2.75) is 6.42 Å². The Morgan fingerprint density at radius 2 is 2.11 bits per heavy atom. The quantitative estimate of drug-likeness (QED) is 0.330. The maximum atomic E-state index is 10.0. The Morgan fingerprint density at radius 3 is 2.44 bits per heavy atom. The van der Waals surface area contributed by atoms with Crippen LogP contribution in [0.3, 0.4) is 0 Å². The predicted octanol–water partition coefficient (Wildman–Crippen LogP) is 0.204. The lowest BCUT2D eigenvalue weighted by Gasteiger charge is -1.93. The van der Waals surface area contributed by atoms with Crippen molar-refractivity contribution in [3.8, 4) is 0 Å². The van der Waals surface area contributed by atoms with Crippen LogP contribution >= 0.6 is 22.9 Å². The molecule has 4 nitrogen and oxygen atoms in total. The van der Waals surface area contributed by atoms with Gasteiger partial charge in [0.05, 0.1) is 5.75 Å². The highest BCUT2D eigenvalue weighted by Gasteiger charge is 2.01. The minimum absolute atomic E-state index is 0.164. The van der Waals surface area contributed by atoms with Gasteiger partial charge in [-0.1, -0.05) is 0 Å². The molecule has 0 unspecified atom stereocenters. The van der Waals surface area contributed by atoms with Crippen LogP contribution in [0, 0.1) is 0 Å². The highest BCUT2D eigenvalue weighted by Crippen LogP contribution is 1.86. The summed E-state index contributed by atoms with van der Waals surface area (Å²) < 4.78 is 31.0. The van der Waals surface area contributed by atoms with Gasteiger partial charge in [-0.05, 0) is 6.42 Å². The maximum absolute atomic E-state index is 10.0. The summed E-state index contributed by atoms with van der Waals surface area (Å²) in [6, 6.07) is 0. The van der Waals surface area contributed by atoms with E-state index in [0.717, 1.165) is 0 Å². The standard InChI is InChI=1S/C3H8INO3S/c4-5-2-1-3-9(6,7)8/h5H,1-3H2,(H,6,7,8). The highest BCUT2D eigenvalue weighted by molar-refractivity contribution is 14.1. The average molecular weight is 265 g/mol. The van der Waals surface area contributed by atoms with Crippen molar-refractivity contribution < 1.29 is 13.0 Å². The summed E-state index contributed by atoms with van der Waals surface area (Å²) in [5, 5.41) is 0. The molecule has 0 amide bonds. The zero-order chi connectivity index (χ0) is 7.33. The number of hydrogen-bond acceptors (Lipinski definition) is 3. The molecule has 2 N–H and O–H groups in total. The molecule has 0 aromatic heterocycles. The first-order chi connectivity index (χ1) is 4.06. The van der Waals surface area contributed by atoms with E-state index in [1.165, 1.54) is 0 Å². The van der Waals surface area contributed by atoms with Gasteiger partial charge in [-0.25, -0.2) is 0 Å². The fourth-order valence-electron chi connectivity index (χ4n) is 0.321. The number of nitrogens with one attached hydrogen (secondary N) is 1. The lowest BCUT2D eigenvalue weighted by Crippen LogP contribution is -2.09. The molecule has 0 aromatic carbocycles. The highest BCUT2D eigenvalue weighted by atomic mass is 127. The molecule has 0 aliphatic rings. The van der Waals surface area contributed by atoms with Gasteiger partial charge in [0.2, 0.25) is 0 Å². The summed E-state index contributed by atoms with van der Waals surface area (Å²) in [7, 11) is -3.74. The molecule has 0 atom stereocenters. The topological polar surface area (TPSA) is 66.4 Å². The molecule has 0 saturated heterocycles. The summed E-state index contributed by atoms with van der Waals surface area (Å²) in [5.41, 5.74) is 0. The third kappa shape index (κ3) is 8.60. The van der Waals surface area contributed by atoms with Crippen molar-refractivity contribution >= 4 is 33.0 Å². The van der Waals surface area contributed by atoms with Gasteiger partial charge in [-0.15, -0.1) is 0 Å². The van der Waals surface area contributed by atoms with Crippen LogP contribution in [0.15, 0.2) is 0 Å². The minimum atomic E-state index is -3.74. The van der Waals surface area contributed by atoms with Crippen LogP contribution in [-0.2, 0) is 10.1 Å².